The van der Waals surface area contributed by atoms with Crippen molar-refractivity contribution >= 4 is 23.1 Å². The van der Waals surface area contributed by atoms with Crippen molar-refractivity contribution in [1.82, 2.24) is 20.0 Å². The monoisotopic (exact) mass is 476 g/mol. The SMILES string of the molecule is C=CCNC(=S)N1CCC[C@H]1c1nn(-c2ccc(C(F)(F)F)cc2)c2c1C(=O)CC(C)(C)C2. The highest BCUT2D eigenvalue weighted by Crippen LogP contribution is 2.42. The Morgan fingerprint density at radius 2 is 2.00 bits per heavy atom. The van der Waals surface area contributed by atoms with Gasteiger partial charge in [-0.05, 0) is 61.2 Å². The maximum Gasteiger partial charge on any atom is 0.416 e. The Morgan fingerprint density at radius 3 is 2.64 bits per heavy atom. The Bertz CT molecular complexity index is 1090. The molecule has 0 spiro atoms. The first-order valence-electron chi connectivity index (χ1n) is 11.0. The minimum Gasteiger partial charge on any atom is -0.359 e. The molecule has 0 saturated carbocycles. The van der Waals surface area contributed by atoms with Crippen LogP contribution in [0.15, 0.2) is 36.9 Å². The molecule has 2 aromatic rings. The molecule has 1 aromatic carbocycles. The molecule has 33 heavy (non-hydrogen) atoms. The third-order valence-corrected chi connectivity index (χ3v) is 6.62. The number of fused-ring (bicyclic) bond motifs is 1. The zero-order chi connectivity index (χ0) is 24.0. The number of likely N-dealkylation sites (tertiary alicyclic amines) is 1. The highest BCUT2D eigenvalue weighted by atomic mass is 32.1. The second kappa shape index (κ2) is 8.59. The number of benzene rings is 1. The molecule has 9 heteroatoms. The van der Waals surface area contributed by atoms with Crippen LogP contribution in [0.4, 0.5) is 13.2 Å². The van der Waals surface area contributed by atoms with Gasteiger partial charge in [0.2, 0.25) is 0 Å². The molecule has 2 heterocycles. The van der Waals surface area contributed by atoms with Crippen LogP contribution in [0.25, 0.3) is 5.69 Å². The second-order valence-electron chi connectivity index (χ2n) is 9.43. The number of aromatic nitrogens is 2. The lowest BCUT2D eigenvalue weighted by atomic mass is 9.75. The molecule has 1 N–H and O–H groups in total. The smallest absolute Gasteiger partial charge is 0.359 e. The fourth-order valence-corrected chi connectivity index (χ4v) is 5.07. The summed E-state index contributed by atoms with van der Waals surface area (Å²) in [6.45, 7) is 9.03. The summed E-state index contributed by atoms with van der Waals surface area (Å²) in [5, 5.41) is 8.56. The topological polar surface area (TPSA) is 50.2 Å². The minimum atomic E-state index is -4.41. The summed E-state index contributed by atoms with van der Waals surface area (Å²) in [6.07, 6.45) is 0.0185. The molecule has 176 valence electrons. The molecule has 4 rings (SSSR count). The molecular formula is C24H27F3N4OS. The molecule has 0 radical (unpaired) electrons. The summed E-state index contributed by atoms with van der Waals surface area (Å²) in [5.41, 5.74) is 1.53. The predicted octanol–water partition coefficient (Wildman–Crippen LogP) is 5.24. The fourth-order valence-electron chi connectivity index (χ4n) is 4.77. The fraction of sp³-hybridized carbons (Fsp3) is 0.458. The Kier molecular flexibility index (Phi) is 6.11. The van der Waals surface area contributed by atoms with Crippen LogP contribution in [-0.2, 0) is 12.6 Å². The van der Waals surface area contributed by atoms with Crippen molar-refractivity contribution < 1.29 is 18.0 Å². The third-order valence-electron chi connectivity index (χ3n) is 6.24. The normalized spacial score (nSPS) is 20.0. The second-order valence-corrected chi connectivity index (χ2v) is 9.82. The maximum absolute atomic E-state index is 13.3. The average Bonchev–Trinajstić information content (AvgIpc) is 3.35. The number of hydrogen-bond donors (Lipinski definition) is 1. The van der Waals surface area contributed by atoms with Gasteiger partial charge in [0.05, 0.1) is 34.2 Å². The van der Waals surface area contributed by atoms with Crippen LogP contribution in [0.1, 0.15) is 66.5 Å². The van der Waals surface area contributed by atoms with Gasteiger partial charge in [-0.15, -0.1) is 6.58 Å². The van der Waals surface area contributed by atoms with E-state index in [0.717, 1.165) is 37.2 Å². The summed E-state index contributed by atoms with van der Waals surface area (Å²) in [5.74, 6) is 0.0197. The number of hydrogen-bond acceptors (Lipinski definition) is 3. The number of nitrogens with one attached hydrogen (secondary N) is 1. The Hall–Kier alpha value is -2.68. The first kappa shape index (κ1) is 23.5. The van der Waals surface area contributed by atoms with Crippen LogP contribution >= 0.6 is 12.2 Å². The van der Waals surface area contributed by atoms with E-state index in [2.05, 4.69) is 11.9 Å². The molecular weight excluding hydrogens is 449 g/mol. The number of halogens is 3. The molecule has 0 bridgehead atoms. The van der Waals surface area contributed by atoms with Crippen LogP contribution in [0, 0.1) is 5.41 Å². The summed E-state index contributed by atoms with van der Waals surface area (Å²) in [7, 11) is 0. The average molecular weight is 477 g/mol. The quantitative estimate of drug-likeness (QED) is 0.483. The molecule has 1 atom stereocenters. The summed E-state index contributed by atoms with van der Waals surface area (Å²) in [4.78, 5) is 15.3. The van der Waals surface area contributed by atoms with Gasteiger partial charge in [0.1, 0.15) is 0 Å². The summed E-state index contributed by atoms with van der Waals surface area (Å²) < 4.78 is 40.9. The minimum absolute atomic E-state index is 0.0197. The van der Waals surface area contributed by atoms with Crippen LogP contribution in [0.3, 0.4) is 0 Å². The van der Waals surface area contributed by atoms with Gasteiger partial charge in [0.15, 0.2) is 10.9 Å². The van der Waals surface area contributed by atoms with Crippen molar-refractivity contribution in [2.75, 3.05) is 13.1 Å². The largest absolute Gasteiger partial charge is 0.416 e. The van der Waals surface area contributed by atoms with E-state index in [1.165, 1.54) is 12.1 Å². The Balaban J connectivity index is 1.80. The lowest BCUT2D eigenvalue weighted by molar-refractivity contribution is -0.137. The third kappa shape index (κ3) is 4.55. The molecule has 2 aliphatic rings. The number of alkyl halides is 3. The van der Waals surface area contributed by atoms with Crippen molar-refractivity contribution in [3.63, 3.8) is 0 Å². The van der Waals surface area contributed by atoms with E-state index in [0.29, 0.717) is 41.4 Å². The van der Waals surface area contributed by atoms with E-state index in [9.17, 15) is 18.0 Å². The van der Waals surface area contributed by atoms with Gasteiger partial charge in [-0.1, -0.05) is 19.9 Å². The lowest BCUT2D eigenvalue weighted by Gasteiger charge is -2.30. The molecule has 0 amide bonds. The molecule has 1 fully saturated rings. The predicted molar refractivity (Wildman–Crippen MR) is 124 cm³/mol. The van der Waals surface area contributed by atoms with E-state index in [1.54, 1.807) is 10.8 Å². The maximum atomic E-state index is 13.3. The highest BCUT2D eigenvalue weighted by molar-refractivity contribution is 7.80. The van der Waals surface area contributed by atoms with Crippen molar-refractivity contribution in [2.45, 2.75) is 51.7 Å². The Labute approximate surface area is 196 Å². The molecule has 1 aromatic heterocycles. The van der Waals surface area contributed by atoms with Gasteiger partial charge < -0.3 is 10.2 Å². The van der Waals surface area contributed by atoms with Crippen molar-refractivity contribution in [3.05, 3.63) is 59.4 Å². The molecule has 1 saturated heterocycles. The first-order chi connectivity index (χ1) is 15.5. The summed E-state index contributed by atoms with van der Waals surface area (Å²) in [6, 6.07) is 4.76. The van der Waals surface area contributed by atoms with E-state index in [-0.39, 0.29) is 17.2 Å². The number of carbonyl (C=O) groups is 1. The van der Waals surface area contributed by atoms with Gasteiger partial charge in [0, 0.05) is 19.5 Å². The van der Waals surface area contributed by atoms with Gasteiger partial charge in [-0.2, -0.15) is 18.3 Å². The summed E-state index contributed by atoms with van der Waals surface area (Å²) >= 11 is 5.57. The highest BCUT2D eigenvalue weighted by Gasteiger charge is 2.41. The van der Waals surface area contributed by atoms with Crippen LogP contribution in [-0.4, -0.2) is 38.7 Å². The number of carbonyl (C=O) groups excluding carboxylic acids is 1. The van der Waals surface area contributed by atoms with Gasteiger partial charge in [-0.25, -0.2) is 4.68 Å². The number of nitrogens with zero attached hydrogens (tertiary/aromatic N) is 3. The molecule has 0 unspecified atom stereocenters. The molecule has 1 aliphatic heterocycles. The van der Waals surface area contributed by atoms with Crippen LogP contribution < -0.4 is 5.32 Å². The van der Waals surface area contributed by atoms with E-state index >= 15 is 0 Å². The standard InChI is InChI=1S/C24H27F3N4OS/c1-4-11-28-22(33)30-12-5-6-17(30)21-20-18(13-23(2,3)14-19(20)32)31(29-21)16-9-7-15(8-10-16)24(25,26)27/h4,7-10,17H,1,5-6,11-14H2,2-3H3,(H,28,33)/t17-/m0/s1. The van der Waals surface area contributed by atoms with E-state index < -0.39 is 11.7 Å². The van der Waals surface area contributed by atoms with Gasteiger partial charge in [0.25, 0.3) is 0 Å². The number of Topliss-reactive ketones (excluding diaryl/α,β-unsaturated/α-hetero) is 1. The number of rotatable bonds is 4. The molecule has 5 nitrogen and oxygen atoms in total. The molecule has 1 aliphatic carbocycles. The van der Waals surface area contributed by atoms with Crippen LogP contribution in [0.5, 0.6) is 0 Å². The van der Waals surface area contributed by atoms with Gasteiger partial charge >= 0.3 is 6.18 Å². The zero-order valence-corrected chi connectivity index (χ0v) is 19.5. The number of ketones is 1. The number of thiocarbonyl (C=S) groups is 1. The first-order valence-corrected chi connectivity index (χ1v) is 11.4. The van der Waals surface area contributed by atoms with Gasteiger partial charge in [-0.3, -0.25) is 4.79 Å². The zero-order valence-electron chi connectivity index (χ0n) is 18.7. The van der Waals surface area contributed by atoms with Crippen molar-refractivity contribution in [2.24, 2.45) is 5.41 Å². The lowest BCUT2D eigenvalue weighted by Crippen LogP contribution is -2.40. The van der Waals surface area contributed by atoms with Crippen molar-refractivity contribution in [3.8, 4) is 5.69 Å². The Morgan fingerprint density at radius 1 is 1.30 bits per heavy atom. The van der Waals surface area contributed by atoms with E-state index in [1.807, 2.05) is 18.7 Å². The van der Waals surface area contributed by atoms with E-state index in [4.69, 9.17) is 17.3 Å². The van der Waals surface area contributed by atoms with Crippen molar-refractivity contribution in [1.29, 1.82) is 0 Å². The van der Waals surface area contributed by atoms with Crippen LogP contribution in [0.2, 0.25) is 0 Å².